The van der Waals surface area contributed by atoms with Crippen LogP contribution in [0.5, 0.6) is 5.75 Å². The molecule has 0 aliphatic carbocycles. The van der Waals surface area contributed by atoms with Crippen molar-refractivity contribution in [2.75, 3.05) is 7.11 Å². The van der Waals surface area contributed by atoms with Gasteiger partial charge >= 0.3 is 0 Å². The van der Waals surface area contributed by atoms with E-state index < -0.39 is 17.3 Å². The Morgan fingerprint density at radius 1 is 1.53 bits per heavy atom. The summed E-state index contributed by atoms with van der Waals surface area (Å²) < 4.78 is 18.2. The highest BCUT2D eigenvalue weighted by atomic mass is 19.1. The van der Waals surface area contributed by atoms with Crippen molar-refractivity contribution >= 4 is 11.7 Å². The molecule has 0 bridgehead atoms. The molecule has 1 amide bonds. The van der Waals surface area contributed by atoms with E-state index in [9.17, 15) is 9.18 Å². The summed E-state index contributed by atoms with van der Waals surface area (Å²) in [4.78, 5) is 11.9. The molecule has 0 atom stereocenters. The Balaban J connectivity index is 2.93. The van der Waals surface area contributed by atoms with E-state index in [-0.39, 0.29) is 17.1 Å². The molecule has 0 aromatic heterocycles. The summed E-state index contributed by atoms with van der Waals surface area (Å²) in [6.07, 6.45) is 0. The average Bonchev–Trinajstić information content (AvgIpc) is 2.36. The van der Waals surface area contributed by atoms with E-state index in [0.29, 0.717) is 0 Å². The Labute approximate surface area is 110 Å². The third kappa shape index (κ3) is 3.34. The van der Waals surface area contributed by atoms with Gasteiger partial charge in [0.1, 0.15) is 0 Å². The zero-order valence-electron chi connectivity index (χ0n) is 10.9. The highest BCUT2D eigenvalue weighted by molar-refractivity contribution is 5.99. The maximum absolute atomic E-state index is 13.5. The number of benzene rings is 1. The van der Waals surface area contributed by atoms with Crippen molar-refractivity contribution in [3.8, 4) is 5.75 Å². The van der Waals surface area contributed by atoms with Gasteiger partial charge in [0.25, 0.3) is 5.91 Å². The van der Waals surface area contributed by atoms with E-state index >= 15 is 0 Å². The Kier molecular flexibility index (Phi) is 4.31. The van der Waals surface area contributed by atoms with Gasteiger partial charge in [0.2, 0.25) is 0 Å². The highest BCUT2D eigenvalue weighted by Crippen LogP contribution is 2.18. The van der Waals surface area contributed by atoms with Crippen LogP contribution in [0.3, 0.4) is 0 Å². The van der Waals surface area contributed by atoms with Gasteiger partial charge < -0.3 is 21.0 Å². The van der Waals surface area contributed by atoms with Gasteiger partial charge in [0.15, 0.2) is 17.4 Å². The van der Waals surface area contributed by atoms with Crippen molar-refractivity contribution in [1.82, 2.24) is 5.32 Å². The van der Waals surface area contributed by atoms with Crippen LogP contribution in [-0.4, -0.2) is 29.6 Å². The molecule has 0 saturated carbocycles. The molecule has 0 aliphatic heterocycles. The molecule has 1 aromatic carbocycles. The summed E-state index contributed by atoms with van der Waals surface area (Å²) in [6, 6.07) is 3.82. The van der Waals surface area contributed by atoms with Crippen LogP contribution in [-0.2, 0) is 0 Å². The van der Waals surface area contributed by atoms with Crippen LogP contribution in [0.25, 0.3) is 0 Å². The molecule has 1 aromatic rings. The molecule has 4 N–H and O–H groups in total. The first-order valence-electron chi connectivity index (χ1n) is 5.46. The lowest BCUT2D eigenvalue weighted by atomic mass is 10.0. The summed E-state index contributed by atoms with van der Waals surface area (Å²) >= 11 is 0. The number of rotatable bonds is 4. The molecule has 7 heteroatoms. The van der Waals surface area contributed by atoms with Crippen LogP contribution in [0.1, 0.15) is 24.2 Å². The first-order chi connectivity index (χ1) is 8.81. The summed E-state index contributed by atoms with van der Waals surface area (Å²) in [7, 11) is 1.33. The standard InChI is InChI=1S/C12H16FN3O3/c1-12(2,11(14)16-18)15-10(17)7-4-5-9(19-3)8(13)6-7/h4-6,18H,1-3H3,(H2,14,16)(H,15,17). The number of halogens is 1. The Bertz CT molecular complexity index is 515. The van der Waals surface area contributed by atoms with Gasteiger partial charge in [-0.2, -0.15) is 0 Å². The van der Waals surface area contributed by atoms with Crippen molar-refractivity contribution in [3.63, 3.8) is 0 Å². The molecular weight excluding hydrogens is 253 g/mol. The second kappa shape index (κ2) is 5.55. The average molecular weight is 269 g/mol. The second-order valence-corrected chi connectivity index (χ2v) is 4.41. The van der Waals surface area contributed by atoms with Gasteiger partial charge in [-0.25, -0.2) is 4.39 Å². The van der Waals surface area contributed by atoms with E-state index in [4.69, 9.17) is 15.7 Å². The van der Waals surface area contributed by atoms with Crippen LogP contribution < -0.4 is 15.8 Å². The summed E-state index contributed by atoms with van der Waals surface area (Å²) in [5.41, 5.74) is 4.50. The maximum Gasteiger partial charge on any atom is 0.252 e. The quantitative estimate of drug-likeness (QED) is 0.330. The lowest BCUT2D eigenvalue weighted by molar-refractivity contribution is 0.0930. The molecule has 6 nitrogen and oxygen atoms in total. The molecule has 0 saturated heterocycles. The van der Waals surface area contributed by atoms with E-state index in [2.05, 4.69) is 10.5 Å². The van der Waals surface area contributed by atoms with E-state index in [1.165, 1.54) is 19.2 Å². The zero-order valence-corrected chi connectivity index (χ0v) is 10.9. The summed E-state index contributed by atoms with van der Waals surface area (Å²) in [5.74, 6) is -1.29. The van der Waals surface area contributed by atoms with Crippen molar-refractivity contribution < 1.29 is 19.1 Å². The lowest BCUT2D eigenvalue weighted by Crippen LogP contribution is -2.53. The predicted octanol–water partition coefficient (Wildman–Crippen LogP) is 1.09. The minimum Gasteiger partial charge on any atom is -0.494 e. The lowest BCUT2D eigenvalue weighted by Gasteiger charge is -2.24. The molecular formula is C12H16FN3O3. The minimum absolute atomic E-state index is 0.0484. The number of amidine groups is 1. The third-order valence-electron chi connectivity index (χ3n) is 2.59. The molecule has 0 aliphatic rings. The second-order valence-electron chi connectivity index (χ2n) is 4.41. The summed E-state index contributed by atoms with van der Waals surface area (Å²) in [5, 5.41) is 14.0. The number of nitrogens with one attached hydrogen (secondary N) is 1. The fraction of sp³-hybridized carbons (Fsp3) is 0.333. The van der Waals surface area contributed by atoms with Crippen molar-refractivity contribution in [3.05, 3.63) is 29.6 Å². The number of hydrogen-bond acceptors (Lipinski definition) is 4. The van der Waals surface area contributed by atoms with E-state index in [0.717, 1.165) is 6.07 Å². The first-order valence-corrected chi connectivity index (χ1v) is 5.46. The maximum atomic E-state index is 13.5. The SMILES string of the molecule is COc1ccc(C(=O)NC(C)(C)/C(N)=N/O)cc1F. The van der Waals surface area contributed by atoms with E-state index in [1.807, 2.05) is 0 Å². The normalized spacial score (nSPS) is 12.1. The Hall–Kier alpha value is -2.31. The molecule has 19 heavy (non-hydrogen) atoms. The number of amides is 1. The van der Waals surface area contributed by atoms with Crippen LogP contribution >= 0.6 is 0 Å². The molecule has 1 rings (SSSR count). The van der Waals surface area contributed by atoms with Crippen LogP contribution in [0.2, 0.25) is 0 Å². The topological polar surface area (TPSA) is 96.9 Å². The fourth-order valence-electron chi connectivity index (χ4n) is 1.35. The van der Waals surface area contributed by atoms with Crippen LogP contribution in [0.4, 0.5) is 4.39 Å². The van der Waals surface area contributed by atoms with Gasteiger partial charge in [-0.05, 0) is 32.0 Å². The zero-order chi connectivity index (χ0) is 14.6. The van der Waals surface area contributed by atoms with Gasteiger partial charge in [-0.3, -0.25) is 4.79 Å². The van der Waals surface area contributed by atoms with Gasteiger partial charge in [-0.1, -0.05) is 5.16 Å². The number of nitrogens with two attached hydrogens (primary N) is 1. The summed E-state index contributed by atoms with van der Waals surface area (Å²) in [6.45, 7) is 3.11. The molecule has 104 valence electrons. The third-order valence-corrected chi connectivity index (χ3v) is 2.59. The molecule has 0 heterocycles. The first kappa shape index (κ1) is 14.7. The van der Waals surface area contributed by atoms with Crippen molar-refractivity contribution in [2.24, 2.45) is 10.9 Å². The Morgan fingerprint density at radius 2 is 2.16 bits per heavy atom. The number of carbonyl (C=O) groups is 1. The highest BCUT2D eigenvalue weighted by Gasteiger charge is 2.26. The number of nitrogens with zero attached hydrogens (tertiary/aromatic N) is 1. The number of carbonyl (C=O) groups excluding carboxylic acids is 1. The predicted molar refractivity (Wildman–Crippen MR) is 67.9 cm³/mol. The largest absolute Gasteiger partial charge is 0.494 e. The van der Waals surface area contributed by atoms with Gasteiger partial charge in [0, 0.05) is 5.56 Å². The number of oxime groups is 1. The number of ether oxygens (including phenoxy) is 1. The van der Waals surface area contributed by atoms with Crippen molar-refractivity contribution in [1.29, 1.82) is 0 Å². The smallest absolute Gasteiger partial charge is 0.252 e. The molecule has 0 fully saturated rings. The van der Waals surface area contributed by atoms with Gasteiger partial charge in [-0.15, -0.1) is 0 Å². The monoisotopic (exact) mass is 269 g/mol. The fourth-order valence-corrected chi connectivity index (χ4v) is 1.35. The molecule has 0 spiro atoms. The minimum atomic E-state index is -1.05. The van der Waals surface area contributed by atoms with Crippen LogP contribution in [0.15, 0.2) is 23.4 Å². The number of hydrogen-bond donors (Lipinski definition) is 3. The van der Waals surface area contributed by atoms with Crippen molar-refractivity contribution in [2.45, 2.75) is 19.4 Å². The molecule has 0 radical (unpaired) electrons. The van der Waals surface area contributed by atoms with Crippen LogP contribution in [0, 0.1) is 5.82 Å². The van der Waals surface area contributed by atoms with E-state index in [1.54, 1.807) is 13.8 Å². The van der Waals surface area contributed by atoms with Gasteiger partial charge in [0.05, 0.1) is 12.6 Å². The molecule has 0 unspecified atom stereocenters. The number of methoxy groups -OCH3 is 1. The Morgan fingerprint density at radius 3 is 2.63 bits per heavy atom.